The van der Waals surface area contributed by atoms with Crippen molar-refractivity contribution < 1.29 is 4.42 Å². The number of hydrogen-bond donors (Lipinski definition) is 0. The Balaban J connectivity index is 0.000000108. The zero-order chi connectivity index (χ0) is 90.9. The number of aromatic nitrogens is 5. The molecule has 0 aliphatic rings. The van der Waals surface area contributed by atoms with E-state index in [9.17, 15) is 0 Å². The monoisotopic (exact) mass is 1730 g/mol. The van der Waals surface area contributed by atoms with Gasteiger partial charge in [-0.05, 0) is 288 Å². The van der Waals surface area contributed by atoms with Crippen LogP contribution in [0, 0.1) is 0 Å². The topological polar surface area (TPSA) is 61.7 Å². The normalized spacial score (nSPS) is 12.3. The highest BCUT2D eigenvalue weighted by molar-refractivity contribution is 6.32. The van der Waals surface area contributed by atoms with Gasteiger partial charge < -0.3 is 13.6 Å². The molecule has 6 aromatic heterocycles. The fourth-order valence-corrected chi connectivity index (χ4v) is 21.8. The van der Waals surface area contributed by atoms with Gasteiger partial charge in [0.2, 0.25) is 0 Å². The zero-order valence-corrected chi connectivity index (χ0v) is 76.9. The van der Waals surface area contributed by atoms with Crippen LogP contribution in [0.5, 0.6) is 0 Å². The molecule has 0 aliphatic carbocycles. The second-order valence-corrected chi connectivity index (χ2v) is 39.8. The molecule has 0 aliphatic heterocycles. The molecule has 6 heterocycles. The molecule has 0 amide bonds. The molecule has 0 saturated carbocycles. The third kappa shape index (κ3) is 13.4. The van der Waals surface area contributed by atoms with Crippen molar-refractivity contribution in [3.05, 3.63) is 430 Å². The number of nitrogens with zero attached hydrogens (tertiary/aromatic N) is 5. The quantitative estimate of drug-likeness (QED) is 0.135. The van der Waals surface area contributed by atoms with Gasteiger partial charge in [0.1, 0.15) is 11.2 Å². The van der Waals surface area contributed by atoms with E-state index in [4.69, 9.17) is 4.42 Å². The summed E-state index contributed by atoms with van der Waals surface area (Å²) in [5, 5.41) is 30.8. The Kier molecular flexibility index (Phi) is 18.6. The van der Waals surface area contributed by atoms with Crippen LogP contribution >= 0.6 is 0 Å². The van der Waals surface area contributed by atoms with Gasteiger partial charge in [-0.25, -0.2) is 0 Å². The van der Waals surface area contributed by atoms with E-state index < -0.39 is 0 Å². The average Bonchev–Trinajstić information content (AvgIpc) is 1.57. The first-order chi connectivity index (χ1) is 65.8. The fourth-order valence-electron chi connectivity index (χ4n) is 21.8. The predicted molar refractivity (Wildman–Crippen MR) is 574 cm³/mol. The molecule has 0 bridgehead atoms. The maximum atomic E-state index is 6.36. The summed E-state index contributed by atoms with van der Waals surface area (Å²) in [5.74, 6) is 0. The molecule has 0 radical (unpaired) electrons. The number of para-hydroxylation sites is 6. The van der Waals surface area contributed by atoms with Gasteiger partial charge in [0, 0.05) is 97.6 Å². The lowest BCUT2D eigenvalue weighted by Gasteiger charge is -2.23. The molecule has 6 nitrogen and oxygen atoms in total. The Labute approximate surface area is 783 Å². The van der Waals surface area contributed by atoms with E-state index in [1.54, 1.807) is 0 Å². The lowest BCUT2D eigenvalue weighted by Crippen LogP contribution is -2.10. The number of hydrogen-bond acceptors (Lipinski definition) is 4. The van der Waals surface area contributed by atoms with E-state index in [1.165, 1.54) is 213 Å². The molecule has 642 valence electrons. The number of benzene rings is 21. The molecule has 0 fully saturated rings. The minimum absolute atomic E-state index is 0.0743. The fraction of sp³-hybridized carbons (Fsp3) is 0.0930. The zero-order valence-electron chi connectivity index (χ0n) is 76.9. The summed E-state index contributed by atoms with van der Waals surface area (Å²) in [7, 11) is 0. The van der Waals surface area contributed by atoms with Crippen LogP contribution in [-0.4, -0.2) is 24.1 Å². The lowest BCUT2D eigenvalue weighted by atomic mass is 9.81. The molecule has 6 heteroatoms. The third-order valence-corrected chi connectivity index (χ3v) is 28.6. The van der Waals surface area contributed by atoms with Crippen molar-refractivity contribution in [2.24, 2.45) is 0 Å². The van der Waals surface area contributed by atoms with Gasteiger partial charge in [-0.3, -0.25) is 15.0 Å². The summed E-state index contributed by atoms with van der Waals surface area (Å²) in [6.07, 6.45) is 11.4. The van der Waals surface area contributed by atoms with Gasteiger partial charge in [-0.1, -0.05) is 341 Å². The first kappa shape index (κ1) is 80.7. The molecule has 135 heavy (non-hydrogen) atoms. The summed E-state index contributed by atoms with van der Waals surface area (Å²) >= 11 is 0. The van der Waals surface area contributed by atoms with Crippen molar-refractivity contribution in [2.75, 3.05) is 0 Å². The maximum Gasteiger partial charge on any atom is 0.143 e. The largest absolute Gasteiger partial charge is 0.455 e. The Morgan fingerprint density at radius 2 is 0.489 bits per heavy atom. The number of pyridine rings is 3. The SMILES string of the molecule is CC(C)(C)c1cc2ccc3c(-c4ccc(-c5cccc6c5oc5ccccc56)cc4)cc(-c4cccnc4)c4ccc(c1)c2c34.CC(C)(C)c1cc2ccc3c(-c4ccc(-n5c6ccccc6c6ccccc65)cc4)cc(-c4cccnc4)c4ccc(c1)c2c34.CC(C)(C)c1cc2ccc3c(-c4ccncc4)cc(-c4ccc(-n5c6ccccc6c6ccccc65)cc4)c4ccc(c1)c2c34. The van der Waals surface area contributed by atoms with Crippen LogP contribution in [0.4, 0.5) is 0 Å². The molecular weight excluding hydrogens is 1640 g/mol. The smallest absolute Gasteiger partial charge is 0.143 e. The van der Waals surface area contributed by atoms with E-state index in [0.717, 1.165) is 55.6 Å². The standard InChI is InChI=1S/2C43H32N2.C43H31NO/c1-43(2,3)31-23-28-16-20-35-37(25-38(30-9-8-22-44-26-30)36-21-17-29(24-31)41(28)42(35)36)27-14-18-32(19-15-27)45-39-12-6-4-10-33(39)34-11-5-7-13-40(34)45;1-43(2,3)31-24-29-14-18-35-37(26-38(28-20-22-44-23-21-28)36-19-15-30(25-31)41(29)42(35)36)27-12-16-32(17-13-27)45-39-10-6-4-8-33(39)34-9-5-7-11-40(34)45;1-43(2,3)31-22-28-17-19-34-37(24-38(30-8-7-21-44-25-30)35-20-18-29(23-31)40(28)41(34)35)27-15-13-26(14-16-27)32-10-6-11-36-33-9-4-5-12-39(33)45-42(32)36/h2*4-26H,1-3H3;4-25H,1-3H3. The summed E-state index contributed by atoms with van der Waals surface area (Å²) in [4.78, 5) is 13.3. The van der Waals surface area contributed by atoms with Crippen molar-refractivity contribution in [3.8, 4) is 89.3 Å². The molecule has 21 aromatic carbocycles. The van der Waals surface area contributed by atoms with Crippen LogP contribution in [-0.2, 0) is 16.2 Å². The molecule has 0 N–H and O–H groups in total. The molecule has 0 atom stereocenters. The van der Waals surface area contributed by atoms with Crippen molar-refractivity contribution in [2.45, 2.75) is 78.6 Å². The van der Waals surface area contributed by atoms with Crippen molar-refractivity contribution >= 4 is 163 Å². The van der Waals surface area contributed by atoms with Crippen LogP contribution in [0.3, 0.4) is 0 Å². The molecule has 0 saturated heterocycles. The highest BCUT2D eigenvalue weighted by Gasteiger charge is 2.27. The summed E-state index contributed by atoms with van der Waals surface area (Å²) < 4.78 is 11.1. The average molecular weight is 1730 g/mol. The number of fused-ring (bicyclic) bond motifs is 9. The molecular formula is C129H95N5O. The minimum atomic E-state index is 0.0743. The highest BCUT2D eigenvalue weighted by Crippen LogP contribution is 2.52. The van der Waals surface area contributed by atoms with Gasteiger partial charge in [-0.15, -0.1) is 0 Å². The summed E-state index contributed by atoms with van der Waals surface area (Å²) in [6.45, 7) is 20.6. The maximum absolute atomic E-state index is 6.36. The Morgan fingerprint density at radius 1 is 0.200 bits per heavy atom. The van der Waals surface area contributed by atoms with Crippen LogP contribution in [0.1, 0.15) is 79.0 Å². The second-order valence-electron chi connectivity index (χ2n) is 39.8. The molecule has 0 spiro atoms. The third-order valence-electron chi connectivity index (χ3n) is 28.6. The van der Waals surface area contributed by atoms with Crippen molar-refractivity contribution in [1.29, 1.82) is 0 Å². The van der Waals surface area contributed by atoms with E-state index in [1.807, 2.05) is 61.4 Å². The van der Waals surface area contributed by atoms with Crippen LogP contribution < -0.4 is 0 Å². The van der Waals surface area contributed by atoms with E-state index in [0.29, 0.717) is 0 Å². The molecule has 27 aromatic rings. The van der Waals surface area contributed by atoms with Crippen LogP contribution in [0.2, 0.25) is 0 Å². The lowest BCUT2D eigenvalue weighted by molar-refractivity contribution is 0.591. The van der Waals surface area contributed by atoms with Crippen LogP contribution in [0.15, 0.2) is 418 Å². The van der Waals surface area contributed by atoms with Gasteiger partial charge in [-0.2, -0.15) is 0 Å². The van der Waals surface area contributed by atoms with Gasteiger partial charge in [0.25, 0.3) is 0 Å². The Hall–Kier alpha value is -16.4. The Morgan fingerprint density at radius 3 is 0.815 bits per heavy atom. The number of rotatable bonds is 9. The summed E-state index contributed by atoms with van der Waals surface area (Å²) in [5.41, 5.74) is 30.1. The van der Waals surface area contributed by atoms with E-state index >= 15 is 0 Å². The first-order valence-electron chi connectivity index (χ1n) is 47.0. The van der Waals surface area contributed by atoms with Gasteiger partial charge in [0.15, 0.2) is 0 Å². The van der Waals surface area contributed by atoms with Crippen molar-refractivity contribution in [3.63, 3.8) is 0 Å². The van der Waals surface area contributed by atoms with Crippen LogP contribution in [0.25, 0.3) is 252 Å². The van der Waals surface area contributed by atoms with Crippen molar-refractivity contribution in [1.82, 2.24) is 24.1 Å². The highest BCUT2D eigenvalue weighted by atomic mass is 16.3. The van der Waals surface area contributed by atoms with Gasteiger partial charge >= 0.3 is 0 Å². The Bertz CT molecular complexity index is 8830. The molecule has 27 rings (SSSR count). The molecule has 0 unspecified atom stereocenters. The van der Waals surface area contributed by atoms with E-state index in [-0.39, 0.29) is 16.2 Å². The number of furan rings is 1. The minimum Gasteiger partial charge on any atom is -0.455 e. The summed E-state index contributed by atoms with van der Waals surface area (Å²) in [6, 6.07) is 139. The first-order valence-corrected chi connectivity index (χ1v) is 47.0. The second kappa shape index (κ2) is 31.1. The van der Waals surface area contributed by atoms with E-state index in [2.05, 4.69) is 438 Å². The van der Waals surface area contributed by atoms with Gasteiger partial charge in [0.05, 0.1) is 22.1 Å². The predicted octanol–water partition coefficient (Wildman–Crippen LogP) is 35.6.